The summed E-state index contributed by atoms with van der Waals surface area (Å²) in [6.45, 7) is 6.05. The summed E-state index contributed by atoms with van der Waals surface area (Å²) >= 11 is 0. The standard InChI is InChI=1S/C21H20N2O2/c1-12-8-13(2)20-17(9-12)18(21(24)25)11-19(22-20)16-10-15-6-4-5-7-23(15)14(16)3/h4-11,21,24-25H,1-3H3. The monoisotopic (exact) mass is 332 g/mol. The average molecular weight is 332 g/mol. The van der Waals surface area contributed by atoms with Crippen molar-refractivity contribution in [3.05, 3.63) is 71.0 Å². The molecule has 0 fully saturated rings. The smallest absolute Gasteiger partial charge is 0.179 e. The summed E-state index contributed by atoms with van der Waals surface area (Å²) < 4.78 is 2.11. The molecule has 0 saturated heterocycles. The number of fused-ring (bicyclic) bond motifs is 2. The van der Waals surface area contributed by atoms with Crippen LogP contribution in [-0.2, 0) is 0 Å². The largest absolute Gasteiger partial charge is 0.364 e. The highest BCUT2D eigenvalue weighted by molar-refractivity contribution is 5.89. The summed E-state index contributed by atoms with van der Waals surface area (Å²) in [5.74, 6) is 0. The molecule has 4 heteroatoms. The zero-order valence-corrected chi connectivity index (χ0v) is 14.5. The van der Waals surface area contributed by atoms with Gasteiger partial charge in [-0.3, -0.25) is 0 Å². The maximum absolute atomic E-state index is 9.91. The summed E-state index contributed by atoms with van der Waals surface area (Å²) in [4.78, 5) is 4.85. The van der Waals surface area contributed by atoms with Crippen molar-refractivity contribution in [2.75, 3.05) is 0 Å². The van der Waals surface area contributed by atoms with Gasteiger partial charge in [-0.2, -0.15) is 0 Å². The van der Waals surface area contributed by atoms with E-state index in [1.54, 1.807) is 6.07 Å². The minimum absolute atomic E-state index is 0.487. The molecule has 2 N–H and O–H groups in total. The molecule has 0 unspecified atom stereocenters. The van der Waals surface area contributed by atoms with Gasteiger partial charge in [-0.15, -0.1) is 0 Å². The zero-order chi connectivity index (χ0) is 17.7. The van der Waals surface area contributed by atoms with Gasteiger partial charge in [-0.1, -0.05) is 17.7 Å². The molecule has 0 spiro atoms. The van der Waals surface area contributed by atoms with Crippen LogP contribution in [0.25, 0.3) is 27.7 Å². The molecule has 0 radical (unpaired) electrons. The van der Waals surface area contributed by atoms with E-state index in [1.807, 2.05) is 51.2 Å². The zero-order valence-electron chi connectivity index (χ0n) is 14.5. The van der Waals surface area contributed by atoms with Gasteiger partial charge >= 0.3 is 0 Å². The van der Waals surface area contributed by atoms with E-state index in [-0.39, 0.29) is 0 Å². The molecular formula is C21H20N2O2. The Morgan fingerprint density at radius 3 is 2.52 bits per heavy atom. The highest BCUT2D eigenvalue weighted by Crippen LogP contribution is 2.33. The fourth-order valence-electron chi connectivity index (χ4n) is 3.58. The Labute approximate surface area is 146 Å². The Morgan fingerprint density at radius 2 is 1.80 bits per heavy atom. The number of benzene rings is 1. The molecule has 0 aliphatic heterocycles. The van der Waals surface area contributed by atoms with Crippen molar-refractivity contribution >= 4 is 16.4 Å². The molecule has 4 nitrogen and oxygen atoms in total. The lowest BCUT2D eigenvalue weighted by Gasteiger charge is -2.13. The van der Waals surface area contributed by atoms with Crippen molar-refractivity contribution < 1.29 is 10.2 Å². The third-order valence-corrected chi connectivity index (χ3v) is 4.77. The first kappa shape index (κ1) is 15.8. The van der Waals surface area contributed by atoms with Crippen LogP contribution in [0.3, 0.4) is 0 Å². The summed E-state index contributed by atoms with van der Waals surface area (Å²) in [5, 5.41) is 20.6. The van der Waals surface area contributed by atoms with Crippen LogP contribution in [0.5, 0.6) is 0 Å². The van der Waals surface area contributed by atoms with Gasteiger partial charge in [0.15, 0.2) is 6.29 Å². The SMILES string of the molecule is Cc1cc(C)c2nc(-c3cc4ccccn4c3C)cc(C(O)O)c2c1. The van der Waals surface area contributed by atoms with E-state index in [1.165, 1.54) is 0 Å². The summed E-state index contributed by atoms with van der Waals surface area (Å²) in [5.41, 5.74) is 7.31. The van der Waals surface area contributed by atoms with E-state index in [4.69, 9.17) is 4.98 Å². The van der Waals surface area contributed by atoms with Crippen molar-refractivity contribution in [1.82, 2.24) is 9.38 Å². The molecule has 0 aliphatic rings. The van der Waals surface area contributed by atoms with Crippen LogP contribution in [0.15, 0.2) is 48.7 Å². The van der Waals surface area contributed by atoms with Crippen LogP contribution in [0.1, 0.15) is 28.7 Å². The maximum atomic E-state index is 9.91. The molecule has 0 bridgehead atoms. The molecule has 25 heavy (non-hydrogen) atoms. The van der Waals surface area contributed by atoms with E-state index in [0.717, 1.165) is 44.5 Å². The van der Waals surface area contributed by atoms with Gasteiger partial charge in [0.05, 0.1) is 11.2 Å². The molecule has 4 aromatic rings. The third kappa shape index (κ3) is 2.51. The number of nitrogens with zero attached hydrogens (tertiary/aromatic N) is 2. The molecule has 126 valence electrons. The number of rotatable bonds is 2. The normalized spacial score (nSPS) is 11.8. The number of hydrogen-bond donors (Lipinski definition) is 2. The van der Waals surface area contributed by atoms with Crippen LogP contribution in [0, 0.1) is 20.8 Å². The molecular weight excluding hydrogens is 312 g/mol. The lowest BCUT2D eigenvalue weighted by Crippen LogP contribution is -2.01. The van der Waals surface area contributed by atoms with Crippen LogP contribution < -0.4 is 0 Å². The molecule has 0 atom stereocenters. The number of aromatic nitrogens is 2. The quantitative estimate of drug-likeness (QED) is 0.544. The molecule has 0 amide bonds. The van der Waals surface area contributed by atoms with Crippen molar-refractivity contribution in [3.63, 3.8) is 0 Å². The lowest BCUT2D eigenvalue weighted by atomic mass is 9.99. The van der Waals surface area contributed by atoms with Gasteiger partial charge in [0.1, 0.15) is 0 Å². The van der Waals surface area contributed by atoms with Gasteiger partial charge < -0.3 is 14.6 Å². The van der Waals surface area contributed by atoms with Crippen LogP contribution in [0.4, 0.5) is 0 Å². The first-order valence-corrected chi connectivity index (χ1v) is 8.31. The van der Waals surface area contributed by atoms with Crippen LogP contribution >= 0.6 is 0 Å². The van der Waals surface area contributed by atoms with E-state index in [2.05, 4.69) is 16.5 Å². The predicted molar refractivity (Wildman–Crippen MR) is 99.5 cm³/mol. The molecule has 3 aromatic heterocycles. The maximum Gasteiger partial charge on any atom is 0.179 e. The van der Waals surface area contributed by atoms with Gasteiger partial charge in [-0.05, 0) is 56.7 Å². The third-order valence-electron chi connectivity index (χ3n) is 4.77. The second kappa shape index (κ2) is 5.69. The van der Waals surface area contributed by atoms with E-state index in [9.17, 15) is 10.2 Å². The first-order chi connectivity index (χ1) is 12.0. The molecule has 3 heterocycles. The Bertz CT molecular complexity index is 1110. The predicted octanol–water partition coefficient (Wildman–Crippen LogP) is 4.06. The lowest BCUT2D eigenvalue weighted by molar-refractivity contribution is -0.0413. The van der Waals surface area contributed by atoms with E-state index < -0.39 is 6.29 Å². The first-order valence-electron chi connectivity index (χ1n) is 8.31. The molecule has 0 saturated carbocycles. The highest BCUT2D eigenvalue weighted by Gasteiger charge is 2.17. The minimum atomic E-state index is -1.54. The summed E-state index contributed by atoms with van der Waals surface area (Å²) in [6.07, 6.45) is 0.480. The molecule has 4 rings (SSSR count). The summed E-state index contributed by atoms with van der Waals surface area (Å²) in [7, 11) is 0. The number of aliphatic hydroxyl groups is 2. The summed E-state index contributed by atoms with van der Waals surface area (Å²) in [6, 6.07) is 13.9. The highest BCUT2D eigenvalue weighted by atomic mass is 16.5. The average Bonchev–Trinajstić information content (AvgIpc) is 2.91. The Morgan fingerprint density at radius 1 is 1.00 bits per heavy atom. The van der Waals surface area contributed by atoms with Crippen molar-refractivity contribution in [1.29, 1.82) is 0 Å². The topological polar surface area (TPSA) is 57.8 Å². The van der Waals surface area contributed by atoms with Gasteiger partial charge in [-0.25, -0.2) is 4.98 Å². The number of pyridine rings is 2. The Balaban J connectivity index is 2.06. The Kier molecular flexibility index (Phi) is 3.60. The number of hydrogen-bond acceptors (Lipinski definition) is 3. The van der Waals surface area contributed by atoms with E-state index in [0.29, 0.717) is 5.56 Å². The number of aliphatic hydroxyl groups excluding tert-OH is 1. The van der Waals surface area contributed by atoms with Gasteiger partial charge in [0, 0.05) is 33.9 Å². The van der Waals surface area contributed by atoms with Gasteiger partial charge in [0.2, 0.25) is 0 Å². The van der Waals surface area contributed by atoms with Gasteiger partial charge in [0.25, 0.3) is 0 Å². The second-order valence-corrected chi connectivity index (χ2v) is 6.59. The second-order valence-electron chi connectivity index (χ2n) is 6.59. The van der Waals surface area contributed by atoms with Crippen molar-refractivity contribution in [2.24, 2.45) is 0 Å². The fraction of sp³-hybridized carbons (Fsp3) is 0.190. The van der Waals surface area contributed by atoms with Crippen molar-refractivity contribution in [3.8, 4) is 11.3 Å². The van der Waals surface area contributed by atoms with Crippen LogP contribution in [-0.4, -0.2) is 19.6 Å². The fourth-order valence-corrected chi connectivity index (χ4v) is 3.58. The van der Waals surface area contributed by atoms with Crippen LogP contribution in [0.2, 0.25) is 0 Å². The molecule has 1 aromatic carbocycles. The Hall–Kier alpha value is -2.69. The van der Waals surface area contributed by atoms with E-state index >= 15 is 0 Å². The minimum Gasteiger partial charge on any atom is -0.364 e. The number of aryl methyl sites for hydroxylation is 3. The van der Waals surface area contributed by atoms with Crippen molar-refractivity contribution in [2.45, 2.75) is 27.1 Å². The molecule has 0 aliphatic carbocycles.